The Morgan fingerprint density at radius 3 is 1.70 bits per heavy atom. The van der Waals surface area contributed by atoms with Gasteiger partial charge in [0.25, 0.3) is 0 Å². The first-order valence-corrected chi connectivity index (χ1v) is 4.68. The van der Waals surface area contributed by atoms with Crippen LogP contribution in [-0.4, -0.2) is 0 Å². The molecule has 0 amide bonds. The van der Waals surface area contributed by atoms with E-state index in [2.05, 4.69) is 20.8 Å². The van der Waals surface area contributed by atoms with Gasteiger partial charge in [-0.05, 0) is 16.7 Å². The van der Waals surface area contributed by atoms with Gasteiger partial charge in [0, 0.05) is 0 Å². The van der Waals surface area contributed by atoms with E-state index in [9.17, 15) is 0 Å². The van der Waals surface area contributed by atoms with Gasteiger partial charge >= 0.3 is 0 Å². The molecule has 0 nitrogen and oxygen atoms in total. The second kappa shape index (κ2) is 6.81. The monoisotopic (exact) mass is 156 g/mol. The van der Waals surface area contributed by atoms with Crippen molar-refractivity contribution in [2.45, 2.75) is 27.2 Å². The summed E-state index contributed by atoms with van der Waals surface area (Å²) >= 11 is 1.71. The van der Waals surface area contributed by atoms with E-state index >= 15 is 0 Å². The molecular formula is C9H16S. The standard InChI is InChI=1S/C5H12.C4H4S/c1-4-5(2)3;1-2-4-5-3-1/h5H,4H2,1-3H3;1-4H. The number of rotatable bonds is 1. The van der Waals surface area contributed by atoms with Gasteiger partial charge < -0.3 is 0 Å². The van der Waals surface area contributed by atoms with Crippen LogP contribution in [0.3, 0.4) is 0 Å². The zero-order valence-electron chi connectivity index (χ0n) is 7.00. The highest BCUT2D eigenvalue weighted by atomic mass is 32.1. The van der Waals surface area contributed by atoms with Crippen LogP contribution in [0, 0.1) is 5.92 Å². The lowest BCUT2D eigenvalue weighted by Crippen LogP contribution is -1.77. The van der Waals surface area contributed by atoms with E-state index in [1.807, 2.05) is 22.9 Å². The second-order valence-corrected chi connectivity index (χ2v) is 3.41. The van der Waals surface area contributed by atoms with Gasteiger partial charge in [-0.15, -0.1) is 0 Å². The van der Waals surface area contributed by atoms with Crippen LogP contribution in [-0.2, 0) is 0 Å². The molecule has 1 aromatic rings. The Morgan fingerprint density at radius 2 is 1.60 bits per heavy atom. The normalized spacial score (nSPS) is 8.80. The SMILES string of the molecule is CCC(C)C.c1ccsc1. The molecule has 0 bridgehead atoms. The molecule has 0 radical (unpaired) electrons. The quantitative estimate of drug-likeness (QED) is 0.580. The van der Waals surface area contributed by atoms with Crippen LogP contribution >= 0.6 is 11.3 Å². The third-order valence-corrected chi connectivity index (χ3v) is 1.87. The smallest absolute Gasteiger partial charge is 0.00934 e. The molecule has 0 aliphatic rings. The van der Waals surface area contributed by atoms with Gasteiger partial charge in [-0.1, -0.05) is 39.3 Å². The van der Waals surface area contributed by atoms with Gasteiger partial charge in [-0.25, -0.2) is 0 Å². The fourth-order valence-corrected chi connectivity index (χ4v) is 0.680. The van der Waals surface area contributed by atoms with Crippen LogP contribution in [0.5, 0.6) is 0 Å². The van der Waals surface area contributed by atoms with E-state index in [1.165, 1.54) is 6.42 Å². The topological polar surface area (TPSA) is 0 Å². The fraction of sp³-hybridized carbons (Fsp3) is 0.556. The van der Waals surface area contributed by atoms with Gasteiger partial charge in [0.1, 0.15) is 0 Å². The lowest BCUT2D eigenvalue weighted by Gasteiger charge is -1.90. The van der Waals surface area contributed by atoms with Crippen LogP contribution in [0.25, 0.3) is 0 Å². The van der Waals surface area contributed by atoms with Crippen LogP contribution < -0.4 is 0 Å². The summed E-state index contributed by atoms with van der Waals surface area (Å²) in [5.74, 6) is 0.884. The van der Waals surface area contributed by atoms with Crippen molar-refractivity contribution >= 4 is 11.3 Å². The van der Waals surface area contributed by atoms with E-state index in [1.54, 1.807) is 11.3 Å². The van der Waals surface area contributed by atoms with E-state index in [0.717, 1.165) is 5.92 Å². The zero-order chi connectivity index (χ0) is 7.82. The maximum absolute atomic E-state index is 2.22. The Balaban J connectivity index is 0.000000162. The molecule has 0 aliphatic heterocycles. The average molecular weight is 156 g/mol. The molecule has 0 saturated heterocycles. The van der Waals surface area contributed by atoms with E-state index in [-0.39, 0.29) is 0 Å². The fourth-order valence-electron chi connectivity index (χ4n) is 0.227. The summed E-state index contributed by atoms with van der Waals surface area (Å²) in [5, 5.41) is 4.08. The van der Waals surface area contributed by atoms with Gasteiger partial charge in [0.05, 0.1) is 0 Å². The van der Waals surface area contributed by atoms with Crippen LogP contribution in [0.1, 0.15) is 27.2 Å². The van der Waals surface area contributed by atoms with Crippen LogP contribution in [0.4, 0.5) is 0 Å². The summed E-state index contributed by atoms with van der Waals surface area (Å²) in [6.07, 6.45) is 1.31. The van der Waals surface area contributed by atoms with E-state index in [0.29, 0.717) is 0 Å². The third kappa shape index (κ3) is 7.70. The summed E-state index contributed by atoms with van der Waals surface area (Å²) in [4.78, 5) is 0. The van der Waals surface area contributed by atoms with Crippen molar-refractivity contribution in [2.24, 2.45) is 5.92 Å². The largest absolute Gasteiger partial charge is 0.152 e. The molecule has 0 spiro atoms. The summed E-state index contributed by atoms with van der Waals surface area (Å²) < 4.78 is 0. The molecule has 58 valence electrons. The molecule has 0 unspecified atom stereocenters. The van der Waals surface area contributed by atoms with Crippen LogP contribution in [0.15, 0.2) is 22.9 Å². The van der Waals surface area contributed by atoms with Crippen molar-refractivity contribution < 1.29 is 0 Å². The zero-order valence-corrected chi connectivity index (χ0v) is 7.82. The maximum Gasteiger partial charge on any atom is -0.00934 e. The highest BCUT2D eigenvalue weighted by molar-refractivity contribution is 7.07. The first-order chi connectivity index (χ1) is 4.77. The number of thiophene rings is 1. The molecular weight excluding hydrogens is 140 g/mol. The molecule has 0 atom stereocenters. The van der Waals surface area contributed by atoms with Crippen molar-refractivity contribution in [1.82, 2.24) is 0 Å². The van der Waals surface area contributed by atoms with E-state index < -0.39 is 0 Å². The van der Waals surface area contributed by atoms with Crippen LogP contribution in [0.2, 0.25) is 0 Å². The Bertz CT molecular complexity index is 102. The third-order valence-electron chi connectivity index (χ3n) is 1.24. The maximum atomic E-state index is 2.22. The summed E-state index contributed by atoms with van der Waals surface area (Å²) in [6.45, 7) is 6.64. The molecule has 10 heavy (non-hydrogen) atoms. The highest BCUT2D eigenvalue weighted by Crippen LogP contribution is 1.93. The predicted octanol–water partition coefficient (Wildman–Crippen LogP) is 3.80. The lowest BCUT2D eigenvalue weighted by molar-refractivity contribution is 0.626. The molecule has 1 heterocycles. The van der Waals surface area contributed by atoms with Gasteiger partial charge in [0.15, 0.2) is 0 Å². The van der Waals surface area contributed by atoms with Crippen molar-refractivity contribution in [3.63, 3.8) is 0 Å². The summed E-state index contributed by atoms with van der Waals surface area (Å²) in [5.41, 5.74) is 0. The lowest BCUT2D eigenvalue weighted by atomic mass is 10.2. The predicted molar refractivity (Wildman–Crippen MR) is 49.4 cm³/mol. The Labute approximate surface area is 67.9 Å². The Kier molecular flexibility index (Phi) is 6.61. The van der Waals surface area contributed by atoms with Crippen molar-refractivity contribution in [3.8, 4) is 0 Å². The minimum absolute atomic E-state index is 0.884. The first-order valence-electron chi connectivity index (χ1n) is 3.74. The van der Waals surface area contributed by atoms with Crippen molar-refractivity contribution in [2.75, 3.05) is 0 Å². The van der Waals surface area contributed by atoms with Gasteiger partial charge in [-0.2, -0.15) is 11.3 Å². The molecule has 0 aromatic carbocycles. The van der Waals surface area contributed by atoms with Crippen molar-refractivity contribution in [1.29, 1.82) is 0 Å². The molecule has 1 rings (SSSR count). The van der Waals surface area contributed by atoms with E-state index in [4.69, 9.17) is 0 Å². The summed E-state index contributed by atoms with van der Waals surface area (Å²) in [7, 11) is 0. The average Bonchev–Trinajstić information content (AvgIpc) is 2.43. The molecule has 1 aromatic heterocycles. The second-order valence-electron chi connectivity index (χ2n) is 2.60. The Hall–Kier alpha value is -0.300. The molecule has 0 aliphatic carbocycles. The van der Waals surface area contributed by atoms with Crippen molar-refractivity contribution in [3.05, 3.63) is 22.9 Å². The summed E-state index contributed by atoms with van der Waals surface area (Å²) in [6, 6.07) is 4.04. The highest BCUT2D eigenvalue weighted by Gasteiger charge is 1.80. The first kappa shape index (κ1) is 9.70. The number of hydrogen-bond acceptors (Lipinski definition) is 1. The minimum atomic E-state index is 0.884. The minimum Gasteiger partial charge on any atom is -0.152 e. The Morgan fingerprint density at radius 1 is 1.20 bits per heavy atom. The number of hydrogen-bond donors (Lipinski definition) is 0. The molecule has 0 fully saturated rings. The van der Waals surface area contributed by atoms with Gasteiger partial charge in [-0.3, -0.25) is 0 Å². The molecule has 0 saturated carbocycles. The molecule has 0 N–H and O–H groups in total. The van der Waals surface area contributed by atoms with Gasteiger partial charge in [0.2, 0.25) is 0 Å². The molecule has 1 heteroatoms.